The van der Waals surface area contributed by atoms with E-state index in [2.05, 4.69) is 39.0 Å². The van der Waals surface area contributed by atoms with Gasteiger partial charge in [0.2, 0.25) is 0 Å². The van der Waals surface area contributed by atoms with Crippen molar-refractivity contribution < 1.29 is 9.53 Å². The number of nitrogens with zero attached hydrogens (tertiary/aromatic N) is 3. The summed E-state index contributed by atoms with van der Waals surface area (Å²) in [4.78, 5) is 26.5. The van der Waals surface area contributed by atoms with Crippen LogP contribution in [0.25, 0.3) is 11.0 Å². The van der Waals surface area contributed by atoms with Gasteiger partial charge in [0.1, 0.15) is 0 Å². The first kappa shape index (κ1) is 17.1. The Morgan fingerprint density at radius 1 is 1.38 bits per heavy atom. The largest absolute Gasteiger partial charge is 0.373 e. The van der Waals surface area contributed by atoms with Crippen LogP contribution in [0.1, 0.15) is 29.9 Å². The van der Waals surface area contributed by atoms with E-state index in [0.717, 1.165) is 36.4 Å². The van der Waals surface area contributed by atoms with Gasteiger partial charge in [0.25, 0.3) is 5.91 Å². The van der Waals surface area contributed by atoms with E-state index < -0.39 is 0 Å². The average molecular weight is 371 g/mol. The summed E-state index contributed by atoms with van der Waals surface area (Å²) in [5, 5.41) is 5.49. The molecule has 8 heteroatoms. The van der Waals surface area contributed by atoms with Gasteiger partial charge in [-0.25, -0.2) is 9.97 Å². The van der Waals surface area contributed by atoms with Crippen LogP contribution >= 0.6 is 11.3 Å². The lowest BCUT2D eigenvalue weighted by molar-refractivity contribution is -0.0707. The number of hydrogen-bond acceptors (Lipinski definition) is 6. The summed E-state index contributed by atoms with van der Waals surface area (Å²) in [5.41, 5.74) is 3.23. The van der Waals surface area contributed by atoms with Crippen molar-refractivity contribution >= 4 is 33.4 Å². The van der Waals surface area contributed by atoms with E-state index in [1.807, 2.05) is 11.4 Å². The number of amides is 1. The van der Waals surface area contributed by atoms with Crippen LogP contribution in [0.5, 0.6) is 0 Å². The number of fused-ring (bicyclic) bond motifs is 1. The highest BCUT2D eigenvalue weighted by Gasteiger charge is 2.22. The zero-order valence-corrected chi connectivity index (χ0v) is 15.5. The molecule has 0 spiro atoms. The Kier molecular flexibility index (Phi) is 4.71. The Bertz CT molecular complexity index is 911. The summed E-state index contributed by atoms with van der Waals surface area (Å²) in [6.07, 6.45) is 2.08. The van der Waals surface area contributed by atoms with Gasteiger partial charge in [0, 0.05) is 30.6 Å². The number of rotatable bonds is 4. The molecule has 0 bridgehead atoms. The third-order valence-corrected chi connectivity index (χ3v) is 5.14. The average Bonchev–Trinajstić information content (AvgIpc) is 3.22. The number of aromatic nitrogens is 3. The summed E-state index contributed by atoms with van der Waals surface area (Å²) in [6, 6.07) is 5.39. The SMILES string of the molecule is C[C@@H]1CN(Cc2csc(NC(=O)c3ccc4nc[nH]c4c3)n2)C[C@H](C)O1. The molecule has 0 saturated carbocycles. The van der Waals surface area contributed by atoms with Crippen molar-refractivity contribution in [3.8, 4) is 0 Å². The monoisotopic (exact) mass is 371 g/mol. The van der Waals surface area contributed by atoms with Crippen molar-refractivity contribution in [3.63, 3.8) is 0 Å². The van der Waals surface area contributed by atoms with Crippen LogP contribution in [-0.2, 0) is 11.3 Å². The minimum atomic E-state index is -0.170. The van der Waals surface area contributed by atoms with E-state index in [1.165, 1.54) is 11.3 Å². The molecule has 7 nitrogen and oxygen atoms in total. The molecular weight excluding hydrogens is 350 g/mol. The van der Waals surface area contributed by atoms with E-state index in [1.54, 1.807) is 18.5 Å². The number of morpholine rings is 1. The first-order chi connectivity index (χ1) is 12.6. The molecule has 136 valence electrons. The topological polar surface area (TPSA) is 83.1 Å². The Morgan fingerprint density at radius 2 is 2.19 bits per heavy atom. The zero-order valence-electron chi connectivity index (χ0n) is 14.7. The highest BCUT2D eigenvalue weighted by Crippen LogP contribution is 2.20. The standard InChI is InChI=1S/C18H21N5O2S/c1-11-6-23(7-12(2)25-11)8-14-9-26-18(21-14)22-17(24)13-3-4-15-16(5-13)20-10-19-15/h3-5,9-12H,6-8H2,1-2H3,(H,19,20)(H,21,22,24)/t11-,12+. The lowest BCUT2D eigenvalue weighted by atomic mass is 10.2. The Balaban J connectivity index is 1.40. The summed E-state index contributed by atoms with van der Waals surface area (Å²) in [7, 11) is 0. The fraction of sp³-hybridized carbons (Fsp3) is 0.389. The summed E-state index contributed by atoms with van der Waals surface area (Å²) in [6.45, 7) is 6.74. The van der Waals surface area contributed by atoms with Gasteiger partial charge in [-0.1, -0.05) is 0 Å². The lowest BCUT2D eigenvalue weighted by Gasteiger charge is -2.34. The molecule has 1 aromatic carbocycles. The Morgan fingerprint density at radius 3 is 3.00 bits per heavy atom. The maximum atomic E-state index is 12.5. The molecule has 2 aromatic heterocycles. The van der Waals surface area contributed by atoms with Crippen LogP contribution in [0.15, 0.2) is 29.9 Å². The third kappa shape index (κ3) is 3.77. The highest BCUT2D eigenvalue weighted by atomic mass is 32.1. The van der Waals surface area contributed by atoms with Gasteiger partial charge in [-0.15, -0.1) is 11.3 Å². The van der Waals surface area contributed by atoms with Crippen molar-refractivity contribution in [2.24, 2.45) is 0 Å². The summed E-state index contributed by atoms with van der Waals surface area (Å²) >= 11 is 1.45. The van der Waals surface area contributed by atoms with Gasteiger partial charge in [-0.3, -0.25) is 15.0 Å². The van der Waals surface area contributed by atoms with Crippen LogP contribution in [0.4, 0.5) is 5.13 Å². The molecule has 0 unspecified atom stereocenters. The predicted molar refractivity (Wildman–Crippen MR) is 101 cm³/mol. The molecule has 26 heavy (non-hydrogen) atoms. The fourth-order valence-corrected chi connectivity index (χ4v) is 4.02. The minimum Gasteiger partial charge on any atom is -0.373 e. The van der Waals surface area contributed by atoms with Crippen molar-refractivity contribution in [2.45, 2.75) is 32.6 Å². The van der Waals surface area contributed by atoms with Gasteiger partial charge in [0.15, 0.2) is 5.13 Å². The second-order valence-electron chi connectivity index (χ2n) is 6.68. The number of carbonyl (C=O) groups is 1. The first-order valence-corrected chi connectivity index (χ1v) is 9.51. The van der Waals surface area contributed by atoms with Crippen LogP contribution in [0, 0.1) is 0 Å². The van der Waals surface area contributed by atoms with Crippen molar-refractivity contribution in [1.82, 2.24) is 19.9 Å². The number of H-pyrrole nitrogens is 1. The minimum absolute atomic E-state index is 0.170. The molecule has 1 aliphatic heterocycles. The molecule has 1 amide bonds. The van der Waals surface area contributed by atoms with Crippen molar-refractivity contribution in [3.05, 3.63) is 41.2 Å². The van der Waals surface area contributed by atoms with E-state index in [9.17, 15) is 4.79 Å². The Hall–Kier alpha value is -2.29. The second-order valence-corrected chi connectivity index (χ2v) is 7.54. The number of nitrogens with one attached hydrogen (secondary N) is 2. The number of anilines is 1. The maximum absolute atomic E-state index is 12.5. The molecule has 3 aromatic rings. The number of imidazole rings is 1. The molecular formula is C18H21N5O2S. The van der Waals surface area contributed by atoms with E-state index in [4.69, 9.17) is 4.74 Å². The molecule has 2 atom stereocenters. The lowest BCUT2D eigenvalue weighted by Crippen LogP contribution is -2.44. The molecule has 1 fully saturated rings. The molecule has 2 N–H and O–H groups in total. The summed E-state index contributed by atoms with van der Waals surface area (Å²) in [5.74, 6) is -0.170. The molecule has 3 heterocycles. The molecule has 1 aliphatic rings. The number of ether oxygens (including phenoxy) is 1. The zero-order chi connectivity index (χ0) is 18.1. The fourth-order valence-electron chi connectivity index (χ4n) is 3.33. The van der Waals surface area contributed by atoms with Gasteiger partial charge in [-0.2, -0.15) is 0 Å². The third-order valence-electron chi connectivity index (χ3n) is 4.34. The van der Waals surface area contributed by atoms with E-state index >= 15 is 0 Å². The number of thiazole rings is 1. The second kappa shape index (κ2) is 7.14. The van der Waals surface area contributed by atoms with Crippen LogP contribution < -0.4 is 5.32 Å². The van der Waals surface area contributed by atoms with Crippen LogP contribution in [0.3, 0.4) is 0 Å². The van der Waals surface area contributed by atoms with Gasteiger partial charge in [-0.05, 0) is 32.0 Å². The number of benzene rings is 1. The molecule has 4 rings (SSSR count). The van der Waals surface area contributed by atoms with Crippen LogP contribution in [-0.4, -0.2) is 51.1 Å². The Labute approximate surface area is 155 Å². The van der Waals surface area contributed by atoms with Gasteiger partial charge in [0.05, 0.1) is 35.3 Å². The van der Waals surface area contributed by atoms with Crippen LogP contribution in [0.2, 0.25) is 0 Å². The normalized spacial score (nSPS) is 21.2. The van der Waals surface area contributed by atoms with Crippen molar-refractivity contribution in [2.75, 3.05) is 18.4 Å². The van der Waals surface area contributed by atoms with Gasteiger partial charge < -0.3 is 9.72 Å². The molecule has 0 radical (unpaired) electrons. The van der Waals surface area contributed by atoms with Gasteiger partial charge >= 0.3 is 0 Å². The van der Waals surface area contributed by atoms with Crippen molar-refractivity contribution in [1.29, 1.82) is 0 Å². The van der Waals surface area contributed by atoms with E-state index in [0.29, 0.717) is 10.7 Å². The smallest absolute Gasteiger partial charge is 0.257 e. The first-order valence-electron chi connectivity index (χ1n) is 8.63. The maximum Gasteiger partial charge on any atom is 0.257 e. The van der Waals surface area contributed by atoms with E-state index in [-0.39, 0.29) is 18.1 Å². The molecule has 1 saturated heterocycles. The predicted octanol–water partition coefficient (Wildman–Crippen LogP) is 2.88. The number of aromatic amines is 1. The number of carbonyl (C=O) groups excluding carboxylic acids is 1. The quantitative estimate of drug-likeness (QED) is 0.737. The molecule has 0 aliphatic carbocycles. The summed E-state index contributed by atoms with van der Waals surface area (Å²) < 4.78 is 5.76. The number of hydrogen-bond donors (Lipinski definition) is 2. The highest BCUT2D eigenvalue weighted by molar-refractivity contribution is 7.13.